The van der Waals surface area contributed by atoms with Gasteiger partial charge in [0.15, 0.2) is 0 Å². The Morgan fingerprint density at radius 2 is 2.19 bits per heavy atom. The van der Waals surface area contributed by atoms with Crippen LogP contribution < -0.4 is 0 Å². The first-order chi connectivity index (χ1) is 10.1. The first kappa shape index (κ1) is 13.6. The molecule has 0 radical (unpaired) electrons. The normalized spacial score (nSPS) is 10.8. The van der Waals surface area contributed by atoms with Crippen LogP contribution in [0, 0.1) is 0 Å². The van der Waals surface area contributed by atoms with E-state index < -0.39 is 0 Å². The van der Waals surface area contributed by atoms with Crippen LogP contribution in [0.3, 0.4) is 0 Å². The largest absolute Gasteiger partial charge is 0.347 e. The van der Waals surface area contributed by atoms with Gasteiger partial charge in [0.25, 0.3) is 5.91 Å². The Balaban J connectivity index is 1.90. The summed E-state index contributed by atoms with van der Waals surface area (Å²) in [6, 6.07) is 9.33. The second-order valence-corrected chi connectivity index (χ2v) is 5.07. The number of imidazole rings is 1. The van der Waals surface area contributed by atoms with E-state index in [1.807, 2.05) is 24.3 Å². The molecule has 3 aromatic rings. The number of carbonyl (C=O) groups excluding carboxylic acids is 1. The highest BCUT2D eigenvalue weighted by Gasteiger charge is 2.16. The second-order valence-electron chi connectivity index (χ2n) is 4.72. The van der Waals surface area contributed by atoms with E-state index in [1.165, 1.54) is 0 Å². The minimum atomic E-state index is -0.195. The smallest absolute Gasteiger partial charge is 0.272 e. The Morgan fingerprint density at radius 1 is 1.38 bits per heavy atom. The average Bonchev–Trinajstić information content (AvgIpc) is 2.99. The van der Waals surface area contributed by atoms with E-state index in [0.29, 0.717) is 17.4 Å². The summed E-state index contributed by atoms with van der Waals surface area (Å²) in [5.41, 5.74) is 0.327. The lowest BCUT2D eigenvalue weighted by atomic mass is 10.1. The molecule has 0 saturated heterocycles. The highest BCUT2D eigenvalue weighted by atomic mass is 35.5. The van der Waals surface area contributed by atoms with E-state index in [4.69, 9.17) is 11.6 Å². The number of aromatic nitrogens is 3. The zero-order valence-electron chi connectivity index (χ0n) is 11.4. The van der Waals surface area contributed by atoms with Crippen molar-refractivity contribution in [1.82, 2.24) is 19.9 Å². The highest BCUT2D eigenvalue weighted by molar-refractivity contribution is 6.34. The van der Waals surface area contributed by atoms with Gasteiger partial charge in [0.1, 0.15) is 16.7 Å². The molecule has 2 aromatic heterocycles. The van der Waals surface area contributed by atoms with Gasteiger partial charge in [-0.1, -0.05) is 35.9 Å². The lowest BCUT2D eigenvalue weighted by molar-refractivity contribution is 0.0776. The van der Waals surface area contributed by atoms with Gasteiger partial charge in [-0.3, -0.25) is 4.79 Å². The summed E-state index contributed by atoms with van der Waals surface area (Å²) in [6.07, 6.45) is 3.37. The quantitative estimate of drug-likeness (QED) is 0.757. The van der Waals surface area contributed by atoms with Crippen LogP contribution in [0.15, 0.2) is 42.7 Å². The van der Waals surface area contributed by atoms with Crippen LogP contribution in [-0.2, 0) is 6.54 Å². The molecule has 2 heterocycles. The van der Waals surface area contributed by atoms with Gasteiger partial charge < -0.3 is 9.88 Å². The Kier molecular flexibility index (Phi) is 3.58. The molecule has 0 bridgehead atoms. The standard InChI is InChI=1S/C15H13ClN4O/c1-20(9-13-17-6-7-18-13)15(21)12-8-10-4-2-3-5-11(10)14(16)19-12/h2-8H,9H2,1H3,(H,17,18). The number of fused-ring (bicyclic) bond motifs is 1. The Morgan fingerprint density at radius 3 is 2.95 bits per heavy atom. The summed E-state index contributed by atoms with van der Waals surface area (Å²) in [5.74, 6) is 0.525. The molecule has 106 valence electrons. The lowest BCUT2D eigenvalue weighted by Crippen LogP contribution is -2.27. The van der Waals surface area contributed by atoms with Crippen molar-refractivity contribution in [2.24, 2.45) is 0 Å². The summed E-state index contributed by atoms with van der Waals surface area (Å²) < 4.78 is 0. The number of amides is 1. The van der Waals surface area contributed by atoms with Crippen molar-refractivity contribution in [2.45, 2.75) is 6.54 Å². The van der Waals surface area contributed by atoms with E-state index in [0.717, 1.165) is 16.6 Å². The number of halogens is 1. The number of hydrogen-bond acceptors (Lipinski definition) is 3. The minimum Gasteiger partial charge on any atom is -0.347 e. The van der Waals surface area contributed by atoms with E-state index >= 15 is 0 Å². The number of benzene rings is 1. The number of H-pyrrole nitrogens is 1. The number of nitrogens with zero attached hydrogens (tertiary/aromatic N) is 3. The van der Waals surface area contributed by atoms with Crippen molar-refractivity contribution in [2.75, 3.05) is 7.05 Å². The fourth-order valence-corrected chi connectivity index (χ4v) is 2.41. The van der Waals surface area contributed by atoms with Crippen molar-refractivity contribution in [3.8, 4) is 0 Å². The Hall–Kier alpha value is -2.40. The third-order valence-corrected chi connectivity index (χ3v) is 3.49. The SMILES string of the molecule is CN(Cc1ncc[nH]1)C(=O)c1cc2ccccc2c(Cl)n1. The maximum absolute atomic E-state index is 12.4. The fourth-order valence-electron chi connectivity index (χ4n) is 2.14. The van der Waals surface area contributed by atoms with E-state index in [1.54, 1.807) is 30.4 Å². The molecule has 0 aliphatic heterocycles. The third kappa shape index (κ3) is 2.73. The van der Waals surface area contributed by atoms with Gasteiger partial charge in [0.2, 0.25) is 0 Å². The first-order valence-electron chi connectivity index (χ1n) is 6.44. The second kappa shape index (κ2) is 5.54. The van der Waals surface area contributed by atoms with Gasteiger partial charge in [0, 0.05) is 24.8 Å². The molecule has 1 N–H and O–H groups in total. The summed E-state index contributed by atoms with van der Waals surface area (Å²) in [7, 11) is 1.70. The molecular weight excluding hydrogens is 288 g/mol. The fraction of sp³-hybridized carbons (Fsp3) is 0.133. The van der Waals surface area contributed by atoms with Crippen molar-refractivity contribution >= 4 is 28.3 Å². The zero-order chi connectivity index (χ0) is 14.8. The van der Waals surface area contributed by atoms with E-state index in [2.05, 4.69) is 15.0 Å². The number of pyridine rings is 1. The molecule has 1 aromatic carbocycles. The maximum atomic E-state index is 12.4. The topological polar surface area (TPSA) is 61.9 Å². The van der Waals surface area contributed by atoms with Gasteiger partial charge >= 0.3 is 0 Å². The highest BCUT2D eigenvalue weighted by Crippen LogP contribution is 2.22. The molecular formula is C15H13ClN4O. The van der Waals surface area contributed by atoms with Crippen LogP contribution in [0.4, 0.5) is 0 Å². The Labute approximate surface area is 126 Å². The first-order valence-corrected chi connectivity index (χ1v) is 6.82. The van der Waals surface area contributed by atoms with Crippen LogP contribution in [0.2, 0.25) is 5.15 Å². The van der Waals surface area contributed by atoms with Crippen molar-refractivity contribution in [1.29, 1.82) is 0 Å². The molecule has 21 heavy (non-hydrogen) atoms. The molecule has 0 aliphatic rings. The number of nitrogens with one attached hydrogen (secondary N) is 1. The van der Waals surface area contributed by atoms with Gasteiger partial charge in [-0.25, -0.2) is 9.97 Å². The molecule has 0 aliphatic carbocycles. The molecule has 6 heteroatoms. The molecule has 0 atom stereocenters. The molecule has 0 spiro atoms. The minimum absolute atomic E-state index is 0.195. The predicted molar refractivity (Wildman–Crippen MR) is 81.1 cm³/mol. The molecule has 3 rings (SSSR count). The monoisotopic (exact) mass is 300 g/mol. The molecule has 5 nitrogen and oxygen atoms in total. The van der Waals surface area contributed by atoms with Crippen LogP contribution in [0.5, 0.6) is 0 Å². The van der Waals surface area contributed by atoms with Crippen molar-refractivity contribution < 1.29 is 4.79 Å². The number of rotatable bonds is 3. The molecule has 0 saturated carbocycles. The van der Waals surface area contributed by atoms with Crippen LogP contribution >= 0.6 is 11.6 Å². The maximum Gasteiger partial charge on any atom is 0.272 e. The zero-order valence-corrected chi connectivity index (χ0v) is 12.1. The van der Waals surface area contributed by atoms with Gasteiger partial charge in [-0.2, -0.15) is 0 Å². The summed E-state index contributed by atoms with van der Waals surface area (Å²) in [6.45, 7) is 0.387. The van der Waals surface area contributed by atoms with Crippen molar-refractivity contribution in [3.63, 3.8) is 0 Å². The lowest BCUT2D eigenvalue weighted by Gasteiger charge is -2.15. The molecule has 1 amide bonds. The van der Waals surface area contributed by atoms with Crippen LogP contribution in [0.25, 0.3) is 10.8 Å². The van der Waals surface area contributed by atoms with E-state index in [-0.39, 0.29) is 5.91 Å². The third-order valence-electron chi connectivity index (χ3n) is 3.20. The van der Waals surface area contributed by atoms with Crippen LogP contribution in [-0.4, -0.2) is 32.8 Å². The number of hydrogen-bond donors (Lipinski definition) is 1. The van der Waals surface area contributed by atoms with Crippen LogP contribution in [0.1, 0.15) is 16.3 Å². The molecule has 0 fully saturated rings. The number of aromatic amines is 1. The predicted octanol–water partition coefficient (Wildman–Crippen LogP) is 2.88. The molecule has 0 unspecified atom stereocenters. The summed E-state index contributed by atoms with van der Waals surface area (Å²) in [5, 5.41) is 2.07. The van der Waals surface area contributed by atoms with E-state index in [9.17, 15) is 4.79 Å². The van der Waals surface area contributed by atoms with Gasteiger partial charge in [-0.05, 0) is 11.5 Å². The van der Waals surface area contributed by atoms with Crippen molar-refractivity contribution in [3.05, 3.63) is 59.4 Å². The van der Waals surface area contributed by atoms with Gasteiger partial charge in [0.05, 0.1) is 6.54 Å². The average molecular weight is 301 g/mol. The Bertz CT molecular complexity index is 785. The van der Waals surface area contributed by atoms with Gasteiger partial charge in [-0.15, -0.1) is 0 Å². The summed E-state index contributed by atoms with van der Waals surface area (Å²) >= 11 is 6.15. The number of carbonyl (C=O) groups is 1. The summed E-state index contributed by atoms with van der Waals surface area (Å²) in [4.78, 5) is 25.2.